The minimum Gasteiger partial charge on any atom is -0.383 e. The predicted molar refractivity (Wildman–Crippen MR) is 71.0 cm³/mol. The molecule has 0 atom stereocenters. The molecular weight excluding hydrogens is 284 g/mol. The number of carbonyl (C=O) groups excluding carboxylic acids is 1. The van der Waals surface area contributed by atoms with Crippen LogP contribution in [0.2, 0.25) is 0 Å². The van der Waals surface area contributed by atoms with E-state index in [2.05, 4.69) is 26.6 Å². The van der Waals surface area contributed by atoms with Crippen molar-refractivity contribution in [2.24, 2.45) is 0 Å². The molecule has 4 nitrogen and oxygen atoms in total. The predicted octanol–water partition coefficient (Wildman–Crippen LogP) is 2.20. The van der Waals surface area contributed by atoms with E-state index in [9.17, 15) is 4.79 Å². The summed E-state index contributed by atoms with van der Waals surface area (Å²) in [5, 5.41) is 5.50. The molecule has 0 saturated carbocycles. The van der Waals surface area contributed by atoms with Crippen molar-refractivity contribution in [3.05, 3.63) is 33.8 Å². The van der Waals surface area contributed by atoms with Crippen LogP contribution in [-0.2, 0) is 11.3 Å². The molecule has 0 aromatic heterocycles. The number of ether oxygens (including phenoxy) is 1. The summed E-state index contributed by atoms with van der Waals surface area (Å²) >= 11 is 3.40. The molecule has 5 heteroatoms. The van der Waals surface area contributed by atoms with E-state index in [-0.39, 0.29) is 6.03 Å². The first-order valence-corrected chi connectivity index (χ1v) is 6.18. The number of nitrogens with one attached hydrogen (secondary N) is 2. The van der Waals surface area contributed by atoms with Gasteiger partial charge >= 0.3 is 6.03 Å². The van der Waals surface area contributed by atoms with Gasteiger partial charge in [-0.05, 0) is 30.2 Å². The molecule has 1 aromatic carbocycles. The maximum absolute atomic E-state index is 11.4. The zero-order valence-corrected chi connectivity index (χ0v) is 11.6. The number of halogens is 1. The average molecular weight is 301 g/mol. The second kappa shape index (κ2) is 7.29. The van der Waals surface area contributed by atoms with Crippen LogP contribution in [0.1, 0.15) is 11.1 Å². The molecule has 2 N–H and O–H groups in total. The van der Waals surface area contributed by atoms with Crippen LogP contribution < -0.4 is 10.6 Å². The number of carbonyl (C=O) groups is 1. The van der Waals surface area contributed by atoms with Crippen LogP contribution >= 0.6 is 15.9 Å². The van der Waals surface area contributed by atoms with Gasteiger partial charge in [-0.3, -0.25) is 0 Å². The van der Waals surface area contributed by atoms with E-state index in [1.807, 2.05) is 25.1 Å². The number of benzene rings is 1. The summed E-state index contributed by atoms with van der Waals surface area (Å²) in [4.78, 5) is 11.4. The number of urea groups is 1. The van der Waals surface area contributed by atoms with Gasteiger partial charge in [0.25, 0.3) is 0 Å². The van der Waals surface area contributed by atoms with Crippen LogP contribution in [0.4, 0.5) is 4.79 Å². The molecule has 0 fully saturated rings. The van der Waals surface area contributed by atoms with Gasteiger partial charge in [0.1, 0.15) is 0 Å². The summed E-state index contributed by atoms with van der Waals surface area (Å²) < 4.78 is 5.88. The molecule has 2 amide bonds. The molecule has 0 bridgehead atoms. The van der Waals surface area contributed by atoms with Crippen molar-refractivity contribution in [2.75, 3.05) is 20.3 Å². The van der Waals surface area contributed by atoms with Crippen LogP contribution in [0.5, 0.6) is 0 Å². The highest BCUT2D eigenvalue weighted by Gasteiger charge is 2.02. The SMILES string of the molecule is COCCNC(=O)NCc1ccc(Br)cc1C. The second-order valence-corrected chi connectivity index (χ2v) is 4.59. The number of amides is 2. The zero-order valence-electron chi connectivity index (χ0n) is 10.0. The molecule has 1 rings (SSSR count). The molecule has 0 aliphatic carbocycles. The minimum atomic E-state index is -0.177. The van der Waals surface area contributed by atoms with Gasteiger partial charge in [-0.15, -0.1) is 0 Å². The number of rotatable bonds is 5. The topological polar surface area (TPSA) is 50.4 Å². The second-order valence-electron chi connectivity index (χ2n) is 3.67. The van der Waals surface area contributed by atoms with E-state index in [4.69, 9.17) is 4.74 Å². The average Bonchev–Trinajstić information content (AvgIpc) is 2.28. The van der Waals surface area contributed by atoms with E-state index in [1.165, 1.54) is 0 Å². The Bertz CT molecular complexity index is 383. The molecule has 0 heterocycles. The summed E-state index contributed by atoms with van der Waals surface area (Å²) in [5.74, 6) is 0. The minimum absolute atomic E-state index is 0.177. The third-order valence-corrected chi connectivity index (χ3v) is 2.83. The van der Waals surface area contributed by atoms with Gasteiger partial charge in [0.05, 0.1) is 6.61 Å². The van der Waals surface area contributed by atoms with Gasteiger partial charge in [-0.1, -0.05) is 22.0 Å². The van der Waals surface area contributed by atoms with E-state index in [0.29, 0.717) is 19.7 Å². The molecule has 0 radical (unpaired) electrons. The van der Waals surface area contributed by atoms with Crippen LogP contribution in [0.15, 0.2) is 22.7 Å². The Hall–Kier alpha value is -1.07. The molecule has 1 aromatic rings. The van der Waals surface area contributed by atoms with E-state index < -0.39 is 0 Å². The van der Waals surface area contributed by atoms with Crippen molar-refractivity contribution in [2.45, 2.75) is 13.5 Å². The first kappa shape index (κ1) is 14.0. The Morgan fingerprint density at radius 2 is 2.18 bits per heavy atom. The molecule has 0 saturated heterocycles. The molecule has 0 aliphatic rings. The van der Waals surface area contributed by atoms with Gasteiger partial charge < -0.3 is 15.4 Å². The molecule has 0 spiro atoms. The third-order valence-electron chi connectivity index (χ3n) is 2.34. The van der Waals surface area contributed by atoms with Gasteiger partial charge in [0.15, 0.2) is 0 Å². The Balaban J connectivity index is 2.37. The van der Waals surface area contributed by atoms with Crippen LogP contribution in [0, 0.1) is 6.92 Å². The van der Waals surface area contributed by atoms with Crippen molar-refractivity contribution in [3.8, 4) is 0 Å². The van der Waals surface area contributed by atoms with E-state index >= 15 is 0 Å². The Labute approximate surface area is 110 Å². The lowest BCUT2D eigenvalue weighted by molar-refractivity contribution is 0.196. The highest BCUT2D eigenvalue weighted by Crippen LogP contribution is 2.15. The summed E-state index contributed by atoms with van der Waals surface area (Å²) in [6.07, 6.45) is 0. The fraction of sp³-hybridized carbons (Fsp3) is 0.417. The monoisotopic (exact) mass is 300 g/mol. The number of hydrogen-bond acceptors (Lipinski definition) is 2. The van der Waals surface area contributed by atoms with Crippen LogP contribution in [0.25, 0.3) is 0 Å². The molecule has 0 unspecified atom stereocenters. The quantitative estimate of drug-likeness (QED) is 0.819. The maximum Gasteiger partial charge on any atom is 0.315 e. The Morgan fingerprint density at radius 1 is 1.41 bits per heavy atom. The zero-order chi connectivity index (χ0) is 12.7. The van der Waals surface area contributed by atoms with Gasteiger partial charge in [0.2, 0.25) is 0 Å². The van der Waals surface area contributed by atoms with Gasteiger partial charge in [0, 0.05) is 24.7 Å². The van der Waals surface area contributed by atoms with Crippen molar-refractivity contribution in [3.63, 3.8) is 0 Å². The highest BCUT2D eigenvalue weighted by atomic mass is 79.9. The third kappa shape index (κ3) is 5.19. The Kier molecular flexibility index (Phi) is 6.00. The first-order chi connectivity index (χ1) is 8.13. The summed E-state index contributed by atoms with van der Waals surface area (Å²) in [5.41, 5.74) is 2.26. The summed E-state index contributed by atoms with van der Waals surface area (Å²) in [6.45, 7) is 3.58. The van der Waals surface area contributed by atoms with E-state index in [1.54, 1.807) is 7.11 Å². The fourth-order valence-corrected chi connectivity index (χ4v) is 1.84. The van der Waals surface area contributed by atoms with E-state index in [0.717, 1.165) is 15.6 Å². The maximum atomic E-state index is 11.4. The normalized spacial score (nSPS) is 10.1. The summed E-state index contributed by atoms with van der Waals surface area (Å²) in [6, 6.07) is 5.81. The van der Waals surface area contributed by atoms with Gasteiger partial charge in [-0.25, -0.2) is 4.79 Å². The highest BCUT2D eigenvalue weighted by molar-refractivity contribution is 9.10. The number of aryl methyl sites for hydroxylation is 1. The van der Waals surface area contributed by atoms with Crippen LogP contribution in [0.3, 0.4) is 0 Å². The van der Waals surface area contributed by atoms with Crippen molar-refractivity contribution in [1.29, 1.82) is 0 Å². The molecule has 94 valence electrons. The van der Waals surface area contributed by atoms with Crippen molar-refractivity contribution >= 4 is 22.0 Å². The lowest BCUT2D eigenvalue weighted by atomic mass is 10.1. The van der Waals surface area contributed by atoms with Gasteiger partial charge in [-0.2, -0.15) is 0 Å². The standard InChI is InChI=1S/C12H17BrN2O2/c1-9-7-11(13)4-3-10(9)8-15-12(16)14-5-6-17-2/h3-4,7H,5-6,8H2,1-2H3,(H2,14,15,16). The fourth-order valence-electron chi connectivity index (χ4n) is 1.36. The molecule has 17 heavy (non-hydrogen) atoms. The molecule has 0 aliphatic heterocycles. The smallest absolute Gasteiger partial charge is 0.315 e. The Morgan fingerprint density at radius 3 is 2.82 bits per heavy atom. The van der Waals surface area contributed by atoms with Crippen molar-refractivity contribution < 1.29 is 9.53 Å². The number of methoxy groups -OCH3 is 1. The summed E-state index contributed by atoms with van der Waals surface area (Å²) in [7, 11) is 1.60. The first-order valence-electron chi connectivity index (χ1n) is 5.39. The van der Waals surface area contributed by atoms with Crippen LogP contribution in [-0.4, -0.2) is 26.3 Å². The van der Waals surface area contributed by atoms with Crippen molar-refractivity contribution in [1.82, 2.24) is 10.6 Å². The lowest BCUT2D eigenvalue weighted by Crippen LogP contribution is -2.36. The largest absolute Gasteiger partial charge is 0.383 e. The molecular formula is C12H17BrN2O2. The number of hydrogen-bond donors (Lipinski definition) is 2. The lowest BCUT2D eigenvalue weighted by Gasteiger charge is -2.09.